The van der Waals surface area contributed by atoms with Crippen molar-refractivity contribution in [2.24, 2.45) is 0 Å². The molecule has 1 aromatic carbocycles. The topological polar surface area (TPSA) is 59.1 Å². The predicted octanol–water partition coefficient (Wildman–Crippen LogP) is 4.15. The lowest BCUT2D eigenvalue weighted by atomic mass is 9.91. The molecule has 0 saturated carbocycles. The summed E-state index contributed by atoms with van der Waals surface area (Å²) in [5.41, 5.74) is 2.43. The number of hydrogen-bond acceptors (Lipinski definition) is 5. The molecule has 1 aromatic rings. The monoisotopic (exact) mass is 414 g/mol. The third-order valence-electron chi connectivity index (χ3n) is 5.52. The van der Waals surface area contributed by atoms with Crippen molar-refractivity contribution in [3.8, 4) is 0 Å². The van der Waals surface area contributed by atoms with E-state index in [9.17, 15) is 9.59 Å². The molecule has 1 amide bonds. The zero-order chi connectivity index (χ0) is 21.7. The SMILES string of the molecule is CCOC(=O)C1=C(C2CCCN2C(=O)OC(C)(C)C)CCN(Cc2ccccc2)C1. The van der Waals surface area contributed by atoms with Crippen LogP contribution in [0.1, 0.15) is 52.5 Å². The standard InChI is InChI=1S/C24H34N2O4/c1-5-29-22(27)20-17-25(16-18-10-7-6-8-11-18)15-13-19(20)21-12-9-14-26(21)23(28)30-24(2,3)4/h6-8,10-11,21H,5,9,12-17H2,1-4H3. The van der Waals surface area contributed by atoms with E-state index in [0.717, 1.165) is 37.9 Å². The van der Waals surface area contributed by atoms with Gasteiger partial charge in [0.25, 0.3) is 0 Å². The first kappa shape index (κ1) is 22.3. The van der Waals surface area contributed by atoms with Gasteiger partial charge in [-0.25, -0.2) is 9.59 Å². The van der Waals surface area contributed by atoms with Crippen LogP contribution in [0.4, 0.5) is 4.79 Å². The fourth-order valence-corrected chi connectivity index (χ4v) is 4.26. The average molecular weight is 415 g/mol. The lowest BCUT2D eigenvalue weighted by molar-refractivity contribution is -0.139. The van der Waals surface area contributed by atoms with Gasteiger partial charge in [-0.15, -0.1) is 0 Å². The maximum Gasteiger partial charge on any atom is 0.410 e. The van der Waals surface area contributed by atoms with E-state index in [2.05, 4.69) is 17.0 Å². The molecule has 0 spiro atoms. The second-order valence-electron chi connectivity index (χ2n) is 9.00. The highest BCUT2D eigenvalue weighted by molar-refractivity contribution is 5.90. The molecule has 0 aromatic heterocycles. The van der Waals surface area contributed by atoms with E-state index in [1.807, 2.05) is 45.9 Å². The minimum absolute atomic E-state index is 0.0851. The largest absolute Gasteiger partial charge is 0.463 e. The minimum Gasteiger partial charge on any atom is -0.463 e. The van der Waals surface area contributed by atoms with Gasteiger partial charge < -0.3 is 14.4 Å². The van der Waals surface area contributed by atoms with Gasteiger partial charge in [0.15, 0.2) is 0 Å². The second kappa shape index (κ2) is 9.65. The number of carbonyl (C=O) groups excluding carboxylic acids is 2. The van der Waals surface area contributed by atoms with E-state index in [0.29, 0.717) is 25.3 Å². The summed E-state index contributed by atoms with van der Waals surface area (Å²) in [7, 11) is 0. The van der Waals surface area contributed by atoms with Crippen molar-refractivity contribution in [1.29, 1.82) is 0 Å². The molecule has 6 nitrogen and oxygen atoms in total. The molecule has 2 aliphatic heterocycles. The molecule has 3 rings (SSSR count). The van der Waals surface area contributed by atoms with Crippen molar-refractivity contribution >= 4 is 12.1 Å². The summed E-state index contributed by atoms with van der Waals surface area (Å²) in [5.74, 6) is -0.263. The van der Waals surface area contributed by atoms with E-state index in [1.54, 1.807) is 4.90 Å². The van der Waals surface area contributed by atoms with Crippen molar-refractivity contribution in [3.05, 3.63) is 47.0 Å². The lowest BCUT2D eigenvalue weighted by Crippen LogP contribution is -2.44. The molecule has 0 aliphatic carbocycles. The Hall–Kier alpha value is -2.34. The molecule has 0 bridgehead atoms. The van der Waals surface area contributed by atoms with E-state index < -0.39 is 5.60 Å². The number of likely N-dealkylation sites (tertiary alicyclic amines) is 1. The highest BCUT2D eigenvalue weighted by atomic mass is 16.6. The maximum atomic E-state index is 12.8. The van der Waals surface area contributed by atoms with E-state index in [-0.39, 0.29) is 18.1 Å². The zero-order valence-corrected chi connectivity index (χ0v) is 18.6. The number of nitrogens with zero attached hydrogens (tertiary/aromatic N) is 2. The van der Waals surface area contributed by atoms with Gasteiger partial charge in [0.2, 0.25) is 0 Å². The van der Waals surface area contributed by atoms with Gasteiger partial charge in [-0.2, -0.15) is 0 Å². The summed E-state index contributed by atoms with van der Waals surface area (Å²) in [6.45, 7) is 10.6. The number of rotatable bonds is 5. The molecule has 0 N–H and O–H groups in total. The van der Waals surface area contributed by atoms with Crippen LogP contribution < -0.4 is 0 Å². The summed E-state index contributed by atoms with van der Waals surface area (Å²) in [6, 6.07) is 10.2. The Balaban J connectivity index is 1.82. The van der Waals surface area contributed by atoms with E-state index in [1.165, 1.54) is 5.56 Å². The molecule has 164 valence electrons. The Morgan fingerprint density at radius 2 is 1.87 bits per heavy atom. The van der Waals surface area contributed by atoms with Crippen LogP contribution in [0.3, 0.4) is 0 Å². The summed E-state index contributed by atoms with van der Waals surface area (Å²) in [4.78, 5) is 29.7. The van der Waals surface area contributed by atoms with Gasteiger partial charge in [-0.05, 0) is 58.1 Å². The van der Waals surface area contributed by atoms with Crippen LogP contribution in [0, 0.1) is 0 Å². The summed E-state index contributed by atoms with van der Waals surface area (Å²) >= 11 is 0. The molecule has 0 radical (unpaired) electrons. The van der Waals surface area contributed by atoms with Crippen molar-refractivity contribution in [2.75, 3.05) is 26.2 Å². The Morgan fingerprint density at radius 3 is 2.53 bits per heavy atom. The summed E-state index contributed by atoms with van der Waals surface area (Å²) in [6.07, 6.45) is 2.23. The third kappa shape index (κ3) is 5.63. The van der Waals surface area contributed by atoms with Gasteiger partial charge in [0, 0.05) is 26.2 Å². The van der Waals surface area contributed by atoms with Crippen LogP contribution in [-0.4, -0.2) is 59.7 Å². The van der Waals surface area contributed by atoms with Crippen molar-refractivity contribution in [3.63, 3.8) is 0 Å². The van der Waals surface area contributed by atoms with Crippen LogP contribution in [0.25, 0.3) is 0 Å². The molecule has 30 heavy (non-hydrogen) atoms. The van der Waals surface area contributed by atoms with Gasteiger partial charge in [-0.3, -0.25) is 4.90 Å². The first-order chi connectivity index (χ1) is 14.3. The van der Waals surface area contributed by atoms with E-state index in [4.69, 9.17) is 9.47 Å². The fraction of sp³-hybridized carbons (Fsp3) is 0.583. The van der Waals surface area contributed by atoms with Gasteiger partial charge >= 0.3 is 12.1 Å². The Kier molecular flexibility index (Phi) is 7.19. The molecular formula is C24H34N2O4. The Morgan fingerprint density at radius 1 is 1.13 bits per heavy atom. The molecule has 1 saturated heterocycles. The molecule has 2 heterocycles. The quantitative estimate of drug-likeness (QED) is 0.678. The first-order valence-corrected chi connectivity index (χ1v) is 10.9. The average Bonchev–Trinajstić information content (AvgIpc) is 3.17. The van der Waals surface area contributed by atoms with Crippen LogP contribution in [0.15, 0.2) is 41.5 Å². The minimum atomic E-state index is -0.540. The number of esters is 1. The van der Waals surface area contributed by atoms with E-state index >= 15 is 0 Å². The molecule has 1 unspecified atom stereocenters. The number of amides is 1. The highest BCUT2D eigenvalue weighted by Crippen LogP contribution is 2.33. The Bertz CT molecular complexity index is 782. The maximum absolute atomic E-state index is 12.8. The Labute approximate surface area is 179 Å². The van der Waals surface area contributed by atoms with Gasteiger partial charge in [0.1, 0.15) is 5.60 Å². The highest BCUT2D eigenvalue weighted by Gasteiger charge is 2.38. The molecule has 2 aliphatic rings. The van der Waals surface area contributed by atoms with Crippen molar-refractivity contribution < 1.29 is 19.1 Å². The normalized spacial score (nSPS) is 20.4. The van der Waals surface area contributed by atoms with Crippen LogP contribution >= 0.6 is 0 Å². The summed E-state index contributed by atoms with van der Waals surface area (Å²) < 4.78 is 11.0. The third-order valence-corrected chi connectivity index (χ3v) is 5.52. The van der Waals surface area contributed by atoms with Crippen molar-refractivity contribution in [2.45, 2.75) is 65.1 Å². The predicted molar refractivity (Wildman–Crippen MR) is 116 cm³/mol. The van der Waals surface area contributed by atoms with Gasteiger partial charge in [0.05, 0.1) is 18.2 Å². The molecule has 1 fully saturated rings. The lowest BCUT2D eigenvalue weighted by Gasteiger charge is -2.35. The summed E-state index contributed by atoms with van der Waals surface area (Å²) in [5, 5.41) is 0. The molecule has 6 heteroatoms. The first-order valence-electron chi connectivity index (χ1n) is 10.9. The number of ether oxygens (including phenoxy) is 2. The zero-order valence-electron chi connectivity index (χ0n) is 18.6. The van der Waals surface area contributed by atoms with Crippen LogP contribution in [0.5, 0.6) is 0 Å². The second-order valence-corrected chi connectivity index (χ2v) is 9.00. The van der Waals surface area contributed by atoms with Crippen molar-refractivity contribution in [1.82, 2.24) is 9.80 Å². The molecular weight excluding hydrogens is 380 g/mol. The van der Waals surface area contributed by atoms with Crippen LogP contribution in [0.2, 0.25) is 0 Å². The van der Waals surface area contributed by atoms with Crippen LogP contribution in [-0.2, 0) is 20.8 Å². The number of carbonyl (C=O) groups is 2. The number of benzene rings is 1. The fourth-order valence-electron chi connectivity index (χ4n) is 4.26. The molecule has 1 atom stereocenters. The smallest absolute Gasteiger partial charge is 0.410 e. The number of hydrogen-bond donors (Lipinski definition) is 0. The van der Waals surface area contributed by atoms with Gasteiger partial charge in [-0.1, -0.05) is 30.3 Å².